The molecule has 1 aromatic heterocycles. The smallest absolute Gasteiger partial charge is 0.349 e. The maximum atomic E-state index is 12.7. The fourth-order valence-electron chi connectivity index (χ4n) is 2.81. The molecule has 0 radical (unpaired) electrons. The highest BCUT2D eigenvalue weighted by molar-refractivity contribution is 7.20. The average molecular weight is 398 g/mol. The van der Waals surface area contributed by atoms with Crippen molar-refractivity contribution in [3.05, 3.63) is 69.6 Å². The standard InChI is InChI=1S/C20H18N2O5S/c1-3-21(15-7-5-4-6-8-15)19(23)13(2)27-20(24)18-12-14-11-16(22(25)26)9-10-17(14)28-18/h4-13H,3H2,1-2H3/t13-/m1/s1. The first-order chi connectivity index (χ1) is 13.4. The minimum Gasteiger partial charge on any atom is -0.448 e. The van der Waals surface area contributed by atoms with Crippen LogP contribution < -0.4 is 4.90 Å². The zero-order chi connectivity index (χ0) is 20.3. The number of benzene rings is 2. The molecule has 0 saturated carbocycles. The molecule has 3 aromatic rings. The molecule has 0 aliphatic heterocycles. The molecule has 0 N–H and O–H groups in total. The van der Waals surface area contributed by atoms with E-state index in [2.05, 4.69) is 0 Å². The Hall–Kier alpha value is -3.26. The van der Waals surface area contributed by atoms with Crippen molar-refractivity contribution in [3.63, 3.8) is 0 Å². The van der Waals surface area contributed by atoms with Gasteiger partial charge in [0, 0.05) is 34.5 Å². The largest absolute Gasteiger partial charge is 0.448 e. The number of ether oxygens (including phenoxy) is 1. The summed E-state index contributed by atoms with van der Waals surface area (Å²) < 4.78 is 6.09. The van der Waals surface area contributed by atoms with Gasteiger partial charge in [-0.25, -0.2) is 4.79 Å². The van der Waals surface area contributed by atoms with Crippen LogP contribution in [0.3, 0.4) is 0 Å². The number of amides is 1. The normalized spacial score (nSPS) is 11.8. The van der Waals surface area contributed by atoms with Gasteiger partial charge in [0.2, 0.25) is 0 Å². The zero-order valence-electron chi connectivity index (χ0n) is 15.3. The van der Waals surface area contributed by atoms with Crippen molar-refractivity contribution in [1.29, 1.82) is 0 Å². The number of nitro groups is 1. The van der Waals surface area contributed by atoms with Gasteiger partial charge in [-0.05, 0) is 38.1 Å². The first-order valence-electron chi connectivity index (χ1n) is 8.66. The molecule has 0 bridgehead atoms. The number of carbonyl (C=O) groups is 2. The molecule has 0 spiro atoms. The maximum absolute atomic E-state index is 12.7. The van der Waals surface area contributed by atoms with Gasteiger partial charge in [0.25, 0.3) is 11.6 Å². The van der Waals surface area contributed by atoms with E-state index in [-0.39, 0.29) is 16.5 Å². The summed E-state index contributed by atoms with van der Waals surface area (Å²) in [5, 5.41) is 11.5. The number of likely N-dealkylation sites (N-methyl/N-ethyl adjacent to an activating group) is 1. The summed E-state index contributed by atoms with van der Waals surface area (Å²) in [7, 11) is 0. The van der Waals surface area contributed by atoms with Crippen LogP contribution in [0.15, 0.2) is 54.6 Å². The Morgan fingerprint density at radius 3 is 2.54 bits per heavy atom. The third-order valence-corrected chi connectivity index (χ3v) is 5.29. The lowest BCUT2D eigenvalue weighted by atomic mass is 10.2. The molecule has 8 heteroatoms. The predicted molar refractivity (Wildman–Crippen MR) is 108 cm³/mol. The van der Waals surface area contributed by atoms with Crippen LogP contribution in [-0.2, 0) is 9.53 Å². The van der Waals surface area contributed by atoms with E-state index in [1.54, 1.807) is 17.0 Å². The SMILES string of the molecule is CCN(C(=O)[C@@H](C)OC(=O)c1cc2cc([N+](=O)[O-])ccc2s1)c1ccccc1. The Labute approximate surface area is 165 Å². The summed E-state index contributed by atoms with van der Waals surface area (Å²) >= 11 is 1.17. The van der Waals surface area contributed by atoms with E-state index in [4.69, 9.17) is 4.74 Å². The second-order valence-corrected chi connectivity index (χ2v) is 7.14. The molecule has 144 valence electrons. The molecule has 1 atom stereocenters. The molecule has 28 heavy (non-hydrogen) atoms. The van der Waals surface area contributed by atoms with Crippen molar-refractivity contribution in [3.8, 4) is 0 Å². The van der Waals surface area contributed by atoms with E-state index < -0.39 is 17.0 Å². The van der Waals surface area contributed by atoms with Gasteiger partial charge in [-0.15, -0.1) is 11.3 Å². The van der Waals surface area contributed by atoms with Gasteiger partial charge in [0.15, 0.2) is 6.10 Å². The van der Waals surface area contributed by atoms with Gasteiger partial charge in [0.1, 0.15) is 4.88 Å². The van der Waals surface area contributed by atoms with Crippen LogP contribution in [0.4, 0.5) is 11.4 Å². The molecule has 0 saturated heterocycles. The van der Waals surface area contributed by atoms with E-state index in [0.717, 1.165) is 10.4 Å². The van der Waals surface area contributed by atoms with Crippen molar-refractivity contribution in [2.75, 3.05) is 11.4 Å². The summed E-state index contributed by atoms with van der Waals surface area (Å²) in [6.45, 7) is 3.82. The number of para-hydroxylation sites is 1. The highest BCUT2D eigenvalue weighted by Gasteiger charge is 2.25. The number of hydrogen-bond donors (Lipinski definition) is 0. The predicted octanol–water partition coefficient (Wildman–Crippen LogP) is 4.41. The highest BCUT2D eigenvalue weighted by Crippen LogP contribution is 2.29. The van der Waals surface area contributed by atoms with Crippen molar-refractivity contribution < 1.29 is 19.2 Å². The van der Waals surface area contributed by atoms with E-state index in [9.17, 15) is 19.7 Å². The topological polar surface area (TPSA) is 89.8 Å². The van der Waals surface area contributed by atoms with E-state index in [1.165, 1.54) is 30.4 Å². The molecule has 7 nitrogen and oxygen atoms in total. The summed E-state index contributed by atoms with van der Waals surface area (Å²) in [6, 6.07) is 15.1. The quantitative estimate of drug-likeness (QED) is 0.349. The number of thiophene rings is 1. The number of rotatable bonds is 6. The third kappa shape index (κ3) is 4.01. The second-order valence-electron chi connectivity index (χ2n) is 6.06. The molecule has 3 rings (SSSR count). The first-order valence-corrected chi connectivity index (χ1v) is 9.47. The number of esters is 1. The molecule has 0 unspecified atom stereocenters. The molecule has 0 fully saturated rings. The Balaban J connectivity index is 1.75. The number of non-ortho nitro benzene ring substituents is 1. The summed E-state index contributed by atoms with van der Waals surface area (Å²) in [5.41, 5.74) is 0.683. The molecule has 0 aliphatic rings. The maximum Gasteiger partial charge on any atom is 0.349 e. The Morgan fingerprint density at radius 2 is 1.89 bits per heavy atom. The van der Waals surface area contributed by atoms with Crippen molar-refractivity contribution in [1.82, 2.24) is 0 Å². The van der Waals surface area contributed by atoms with Gasteiger partial charge in [-0.2, -0.15) is 0 Å². The molecular weight excluding hydrogens is 380 g/mol. The van der Waals surface area contributed by atoms with Gasteiger partial charge in [0.05, 0.1) is 4.92 Å². The number of fused-ring (bicyclic) bond motifs is 1. The van der Waals surface area contributed by atoms with Gasteiger partial charge < -0.3 is 9.64 Å². The number of hydrogen-bond acceptors (Lipinski definition) is 6. The number of carbonyl (C=O) groups excluding carboxylic acids is 2. The third-order valence-electron chi connectivity index (χ3n) is 4.19. The van der Waals surface area contributed by atoms with Crippen LogP contribution in [0.5, 0.6) is 0 Å². The summed E-state index contributed by atoms with van der Waals surface area (Å²) in [6.07, 6.45) is -0.966. The molecule has 0 aliphatic carbocycles. The average Bonchev–Trinajstić information content (AvgIpc) is 3.12. The molecule has 1 heterocycles. The van der Waals surface area contributed by atoms with E-state index in [0.29, 0.717) is 11.9 Å². The van der Waals surface area contributed by atoms with Crippen LogP contribution in [0, 0.1) is 10.1 Å². The minimum atomic E-state index is -0.966. The number of anilines is 1. The van der Waals surface area contributed by atoms with E-state index in [1.807, 2.05) is 37.3 Å². The van der Waals surface area contributed by atoms with Gasteiger partial charge in [-0.1, -0.05) is 18.2 Å². The van der Waals surface area contributed by atoms with Crippen LogP contribution in [0.2, 0.25) is 0 Å². The molecule has 2 aromatic carbocycles. The Morgan fingerprint density at radius 1 is 1.18 bits per heavy atom. The van der Waals surface area contributed by atoms with Gasteiger partial charge in [-0.3, -0.25) is 14.9 Å². The van der Waals surface area contributed by atoms with E-state index >= 15 is 0 Å². The zero-order valence-corrected chi connectivity index (χ0v) is 16.1. The van der Waals surface area contributed by atoms with Crippen LogP contribution >= 0.6 is 11.3 Å². The van der Waals surface area contributed by atoms with Crippen LogP contribution in [0.1, 0.15) is 23.5 Å². The lowest BCUT2D eigenvalue weighted by Gasteiger charge is -2.24. The molecule has 1 amide bonds. The second kappa shape index (κ2) is 8.18. The van der Waals surface area contributed by atoms with Gasteiger partial charge >= 0.3 is 5.97 Å². The lowest BCUT2D eigenvalue weighted by molar-refractivity contribution is -0.384. The van der Waals surface area contributed by atoms with Crippen LogP contribution in [-0.4, -0.2) is 29.4 Å². The van der Waals surface area contributed by atoms with Crippen molar-refractivity contribution in [2.45, 2.75) is 20.0 Å². The number of nitro benzene ring substituents is 1. The first kappa shape index (κ1) is 19.5. The molecular formula is C20H18N2O5S. The summed E-state index contributed by atoms with van der Waals surface area (Å²) in [5.74, 6) is -0.951. The van der Waals surface area contributed by atoms with Crippen molar-refractivity contribution >= 4 is 44.7 Å². The fourth-order valence-corrected chi connectivity index (χ4v) is 3.73. The lowest BCUT2D eigenvalue weighted by Crippen LogP contribution is -2.40. The summed E-state index contributed by atoms with van der Waals surface area (Å²) in [4.78, 5) is 37.4. The monoisotopic (exact) mass is 398 g/mol. The minimum absolute atomic E-state index is 0.0461. The Kier molecular flexibility index (Phi) is 5.70. The highest BCUT2D eigenvalue weighted by atomic mass is 32.1. The Bertz CT molecular complexity index is 1030. The van der Waals surface area contributed by atoms with Crippen LogP contribution in [0.25, 0.3) is 10.1 Å². The number of nitrogens with zero attached hydrogens (tertiary/aromatic N) is 2. The van der Waals surface area contributed by atoms with Crippen molar-refractivity contribution in [2.24, 2.45) is 0 Å². The fraction of sp³-hybridized carbons (Fsp3) is 0.200.